The Morgan fingerprint density at radius 3 is 2.56 bits per heavy atom. The molecule has 1 aromatic heterocycles. The number of nitrogens with zero attached hydrogens (tertiary/aromatic N) is 2. The molecule has 0 aliphatic carbocycles. The SMILES string of the molecule is CCC(N)CC(=O)N(CC)c1ccncc1. The lowest BCUT2D eigenvalue weighted by Crippen LogP contribution is -2.35. The van der Waals surface area contributed by atoms with E-state index in [1.54, 1.807) is 17.3 Å². The van der Waals surface area contributed by atoms with Crippen molar-refractivity contribution < 1.29 is 4.79 Å². The van der Waals surface area contributed by atoms with Gasteiger partial charge in [0.2, 0.25) is 5.91 Å². The number of rotatable bonds is 5. The predicted octanol–water partition coefficient (Wildman–Crippen LogP) is 1.56. The van der Waals surface area contributed by atoms with Crippen LogP contribution in [0, 0.1) is 0 Å². The van der Waals surface area contributed by atoms with E-state index in [9.17, 15) is 4.79 Å². The van der Waals surface area contributed by atoms with Gasteiger partial charge in [-0.15, -0.1) is 0 Å². The lowest BCUT2D eigenvalue weighted by molar-refractivity contribution is -0.118. The lowest BCUT2D eigenvalue weighted by Gasteiger charge is -2.22. The van der Waals surface area contributed by atoms with Crippen molar-refractivity contribution in [3.63, 3.8) is 0 Å². The molecule has 0 radical (unpaired) electrons. The number of pyridine rings is 1. The van der Waals surface area contributed by atoms with E-state index in [4.69, 9.17) is 5.73 Å². The molecule has 1 atom stereocenters. The average Bonchev–Trinajstić information content (AvgIpc) is 2.31. The Bertz CT molecular complexity index is 326. The first kappa shape index (κ1) is 12.6. The second-order valence-corrected chi connectivity index (χ2v) is 3.72. The number of anilines is 1. The Hall–Kier alpha value is -1.42. The van der Waals surface area contributed by atoms with Gasteiger partial charge in [0.15, 0.2) is 0 Å². The number of carbonyl (C=O) groups is 1. The van der Waals surface area contributed by atoms with Crippen molar-refractivity contribution >= 4 is 11.6 Å². The standard InChI is InChI=1S/C12H19N3O/c1-3-10(13)9-12(16)15(4-2)11-5-7-14-8-6-11/h5-8,10H,3-4,9,13H2,1-2H3. The molecule has 0 aliphatic heterocycles. The van der Waals surface area contributed by atoms with E-state index in [-0.39, 0.29) is 11.9 Å². The first-order chi connectivity index (χ1) is 7.69. The summed E-state index contributed by atoms with van der Waals surface area (Å²) in [4.78, 5) is 17.6. The Morgan fingerprint density at radius 1 is 1.44 bits per heavy atom. The summed E-state index contributed by atoms with van der Waals surface area (Å²) in [5.41, 5.74) is 6.66. The zero-order valence-electron chi connectivity index (χ0n) is 9.89. The molecule has 0 spiro atoms. The summed E-state index contributed by atoms with van der Waals surface area (Å²) in [6.45, 7) is 4.59. The van der Waals surface area contributed by atoms with Gasteiger partial charge in [0.05, 0.1) is 0 Å². The van der Waals surface area contributed by atoms with Gasteiger partial charge in [0.1, 0.15) is 0 Å². The van der Waals surface area contributed by atoms with Gasteiger partial charge in [0, 0.05) is 37.1 Å². The quantitative estimate of drug-likeness (QED) is 0.821. The van der Waals surface area contributed by atoms with Gasteiger partial charge < -0.3 is 10.6 Å². The normalized spacial score (nSPS) is 12.2. The van der Waals surface area contributed by atoms with Gasteiger partial charge in [-0.05, 0) is 25.5 Å². The minimum absolute atomic E-state index is 0.0524. The summed E-state index contributed by atoms with van der Waals surface area (Å²) < 4.78 is 0. The fourth-order valence-corrected chi connectivity index (χ4v) is 1.51. The molecule has 0 aromatic carbocycles. The highest BCUT2D eigenvalue weighted by atomic mass is 16.2. The van der Waals surface area contributed by atoms with Crippen LogP contribution in [0.15, 0.2) is 24.5 Å². The number of amides is 1. The van der Waals surface area contributed by atoms with Crippen LogP contribution in [-0.2, 0) is 4.79 Å². The summed E-state index contributed by atoms with van der Waals surface area (Å²) in [6.07, 6.45) is 4.59. The molecule has 1 aromatic rings. The van der Waals surface area contributed by atoms with Crippen molar-refractivity contribution in [2.45, 2.75) is 32.7 Å². The third-order valence-corrected chi connectivity index (χ3v) is 2.55. The molecule has 0 saturated carbocycles. The van der Waals surface area contributed by atoms with Crippen molar-refractivity contribution in [1.29, 1.82) is 0 Å². The van der Waals surface area contributed by atoms with Crippen LogP contribution >= 0.6 is 0 Å². The van der Waals surface area contributed by atoms with E-state index >= 15 is 0 Å². The molecule has 0 saturated heterocycles. The first-order valence-corrected chi connectivity index (χ1v) is 5.65. The Labute approximate surface area is 96.5 Å². The van der Waals surface area contributed by atoms with Gasteiger partial charge in [-0.3, -0.25) is 9.78 Å². The molecule has 1 unspecified atom stereocenters. The highest BCUT2D eigenvalue weighted by Crippen LogP contribution is 2.13. The fourth-order valence-electron chi connectivity index (χ4n) is 1.51. The van der Waals surface area contributed by atoms with Crippen molar-refractivity contribution in [3.05, 3.63) is 24.5 Å². The van der Waals surface area contributed by atoms with Crippen LogP contribution in [0.1, 0.15) is 26.7 Å². The molecule has 16 heavy (non-hydrogen) atoms. The van der Waals surface area contributed by atoms with Crippen LogP contribution in [0.25, 0.3) is 0 Å². The second kappa shape index (κ2) is 6.23. The smallest absolute Gasteiger partial charge is 0.228 e. The number of aromatic nitrogens is 1. The molecule has 1 rings (SSSR count). The summed E-state index contributed by atoms with van der Waals surface area (Å²) in [5, 5.41) is 0. The predicted molar refractivity (Wildman–Crippen MR) is 65.1 cm³/mol. The maximum atomic E-state index is 12.0. The molecule has 4 nitrogen and oxygen atoms in total. The summed E-state index contributed by atoms with van der Waals surface area (Å²) in [5.74, 6) is 0.0723. The van der Waals surface area contributed by atoms with Gasteiger partial charge in [0.25, 0.3) is 0 Å². The third-order valence-electron chi connectivity index (χ3n) is 2.55. The minimum atomic E-state index is -0.0524. The molecule has 0 fully saturated rings. The molecule has 0 aliphatic rings. The molecule has 88 valence electrons. The third kappa shape index (κ3) is 3.31. The largest absolute Gasteiger partial charge is 0.327 e. The summed E-state index contributed by atoms with van der Waals surface area (Å²) in [6, 6.07) is 3.61. The monoisotopic (exact) mass is 221 g/mol. The molecule has 1 amide bonds. The van der Waals surface area contributed by atoms with Gasteiger partial charge in [-0.2, -0.15) is 0 Å². The highest BCUT2D eigenvalue weighted by molar-refractivity contribution is 5.93. The fraction of sp³-hybridized carbons (Fsp3) is 0.500. The number of carbonyl (C=O) groups excluding carboxylic acids is 1. The Balaban J connectivity index is 2.71. The van der Waals surface area contributed by atoms with Gasteiger partial charge in [-0.25, -0.2) is 0 Å². The summed E-state index contributed by atoms with van der Waals surface area (Å²) >= 11 is 0. The van der Waals surface area contributed by atoms with E-state index in [0.717, 1.165) is 12.1 Å². The van der Waals surface area contributed by atoms with Crippen molar-refractivity contribution in [2.75, 3.05) is 11.4 Å². The van der Waals surface area contributed by atoms with Crippen LogP contribution in [0.3, 0.4) is 0 Å². The lowest BCUT2D eigenvalue weighted by atomic mass is 10.1. The van der Waals surface area contributed by atoms with Gasteiger partial charge in [-0.1, -0.05) is 6.92 Å². The maximum Gasteiger partial charge on any atom is 0.228 e. The molecule has 2 N–H and O–H groups in total. The molecule has 0 bridgehead atoms. The van der Waals surface area contributed by atoms with Gasteiger partial charge >= 0.3 is 0 Å². The average molecular weight is 221 g/mol. The molecular formula is C12H19N3O. The molecular weight excluding hydrogens is 202 g/mol. The number of hydrogen-bond acceptors (Lipinski definition) is 3. The first-order valence-electron chi connectivity index (χ1n) is 5.65. The molecule has 1 heterocycles. The van der Waals surface area contributed by atoms with E-state index < -0.39 is 0 Å². The second-order valence-electron chi connectivity index (χ2n) is 3.72. The van der Waals surface area contributed by atoms with E-state index in [1.165, 1.54) is 0 Å². The van der Waals surface area contributed by atoms with Crippen LogP contribution in [0.2, 0.25) is 0 Å². The zero-order valence-corrected chi connectivity index (χ0v) is 9.89. The molecule has 4 heteroatoms. The van der Waals surface area contributed by atoms with Crippen LogP contribution in [-0.4, -0.2) is 23.5 Å². The zero-order chi connectivity index (χ0) is 12.0. The summed E-state index contributed by atoms with van der Waals surface area (Å²) in [7, 11) is 0. The van der Waals surface area contributed by atoms with E-state index in [0.29, 0.717) is 13.0 Å². The van der Waals surface area contributed by atoms with Crippen LogP contribution < -0.4 is 10.6 Å². The van der Waals surface area contributed by atoms with E-state index in [2.05, 4.69) is 4.98 Å². The van der Waals surface area contributed by atoms with Crippen LogP contribution in [0.5, 0.6) is 0 Å². The Kier molecular flexibility index (Phi) is 4.92. The van der Waals surface area contributed by atoms with Crippen LogP contribution in [0.4, 0.5) is 5.69 Å². The highest BCUT2D eigenvalue weighted by Gasteiger charge is 2.15. The Morgan fingerprint density at radius 2 is 2.06 bits per heavy atom. The van der Waals surface area contributed by atoms with E-state index in [1.807, 2.05) is 26.0 Å². The topological polar surface area (TPSA) is 59.2 Å². The van der Waals surface area contributed by atoms with Crippen molar-refractivity contribution in [3.8, 4) is 0 Å². The van der Waals surface area contributed by atoms with Crippen molar-refractivity contribution in [2.24, 2.45) is 5.73 Å². The number of nitrogens with two attached hydrogens (primary N) is 1. The number of hydrogen-bond donors (Lipinski definition) is 1. The van der Waals surface area contributed by atoms with Crippen molar-refractivity contribution in [1.82, 2.24) is 4.98 Å². The maximum absolute atomic E-state index is 12.0. The minimum Gasteiger partial charge on any atom is -0.327 e.